The molecule has 0 heterocycles. The first-order valence-electron chi connectivity index (χ1n) is 48.6. The molecule has 2 unspecified atom stereocenters. The number of unbranched alkanes of at least 4 members (excludes halogenated alkanes) is 66. The van der Waals surface area contributed by atoms with Crippen molar-refractivity contribution < 1.29 is 80.2 Å². The zero-order chi connectivity index (χ0) is 82.6. The second-order valence-electron chi connectivity index (χ2n) is 34.2. The zero-order valence-corrected chi connectivity index (χ0v) is 76.3. The molecule has 19 heteroatoms. The van der Waals surface area contributed by atoms with Crippen LogP contribution in [0.15, 0.2) is 0 Å². The molecule has 0 fully saturated rings. The molecule has 0 aromatic heterocycles. The third-order valence-electron chi connectivity index (χ3n) is 22.3. The van der Waals surface area contributed by atoms with Gasteiger partial charge >= 0.3 is 39.5 Å². The maximum absolute atomic E-state index is 13.2. The first-order valence-corrected chi connectivity index (χ1v) is 51.6. The van der Waals surface area contributed by atoms with Gasteiger partial charge in [-0.15, -0.1) is 0 Å². The number of ether oxygens (including phenoxy) is 4. The summed E-state index contributed by atoms with van der Waals surface area (Å²) in [5, 5.41) is 10.7. The van der Waals surface area contributed by atoms with E-state index in [1.807, 2.05) is 0 Å². The Hall–Kier alpha value is -1.94. The van der Waals surface area contributed by atoms with E-state index in [2.05, 4.69) is 34.6 Å². The highest BCUT2D eigenvalue weighted by atomic mass is 31.2. The highest BCUT2D eigenvalue weighted by Gasteiger charge is 2.31. The Labute approximate surface area is 696 Å². The molecule has 0 aliphatic heterocycles. The Balaban J connectivity index is 5.20. The molecule has 0 amide bonds. The van der Waals surface area contributed by atoms with Crippen LogP contribution in [0.1, 0.15) is 516 Å². The highest BCUT2D eigenvalue weighted by Crippen LogP contribution is 2.45. The van der Waals surface area contributed by atoms with E-state index in [9.17, 15) is 43.2 Å². The fourth-order valence-electron chi connectivity index (χ4n) is 14.9. The lowest BCUT2D eigenvalue weighted by Crippen LogP contribution is -2.30. The van der Waals surface area contributed by atoms with E-state index in [1.54, 1.807) is 0 Å². The summed E-state index contributed by atoms with van der Waals surface area (Å²) >= 11 is 0. The normalized spacial score (nSPS) is 13.6. The van der Waals surface area contributed by atoms with Gasteiger partial charge in [-0.3, -0.25) is 37.3 Å². The lowest BCUT2D eigenvalue weighted by atomic mass is 10.0. The molecule has 0 saturated heterocycles. The highest BCUT2D eigenvalue weighted by molar-refractivity contribution is 7.47. The maximum atomic E-state index is 13.2. The number of carbonyl (C=O) groups excluding carboxylic acids is 4. The Morgan fingerprint density at radius 2 is 0.407 bits per heavy atom. The number of aliphatic hydroxyl groups excluding tert-OH is 1. The second kappa shape index (κ2) is 86.4. The molecular formula is C94H184O17P2. The van der Waals surface area contributed by atoms with Gasteiger partial charge in [-0.25, -0.2) is 9.13 Å². The van der Waals surface area contributed by atoms with E-state index >= 15 is 0 Å². The number of esters is 4. The number of aliphatic hydroxyl groups is 1. The van der Waals surface area contributed by atoms with E-state index in [0.29, 0.717) is 31.6 Å². The van der Waals surface area contributed by atoms with Crippen molar-refractivity contribution in [2.24, 2.45) is 5.92 Å². The van der Waals surface area contributed by atoms with Gasteiger partial charge in [0.2, 0.25) is 0 Å². The third-order valence-corrected chi connectivity index (χ3v) is 24.2. The summed E-state index contributed by atoms with van der Waals surface area (Å²) in [5.74, 6) is -1.39. The third kappa shape index (κ3) is 87.7. The van der Waals surface area contributed by atoms with Crippen LogP contribution in [0.4, 0.5) is 0 Å². The molecule has 0 spiro atoms. The molecule has 0 aliphatic carbocycles. The van der Waals surface area contributed by atoms with Gasteiger partial charge in [0.15, 0.2) is 12.2 Å². The van der Waals surface area contributed by atoms with Crippen LogP contribution >= 0.6 is 15.6 Å². The minimum atomic E-state index is -4.97. The van der Waals surface area contributed by atoms with Crippen molar-refractivity contribution in [3.8, 4) is 0 Å². The number of hydrogen-bond acceptors (Lipinski definition) is 15. The van der Waals surface area contributed by atoms with Crippen LogP contribution in [-0.4, -0.2) is 96.7 Å². The Bertz CT molecular complexity index is 2140. The SMILES string of the molecule is CCCCCCCCCCCCCCCCCCCCCCCCC(=O)OC[C@H](COP(=O)(O)OC[C@@H](O)COP(=O)(O)OC[C@@H](COC(=O)CCCCCCCCCC(C)C)OC(=O)CCCCCCCCCCCCCCCCCCCCC)OC(=O)CCCCCCCCCCCCCCCCCCCCCCCC. The lowest BCUT2D eigenvalue weighted by Gasteiger charge is -2.21. The summed E-state index contributed by atoms with van der Waals surface area (Å²) in [4.78, 5) is 73.5. The van der Waals surface area contributed by atoms with Crippen LogP contribution in [0.5, 0.6) is 0 Å². The summed E-state index contributed by atoms with van der Waals surface area (Å²) in [6.07, 6.45) is 83.8. The van der Waals surface area contributed by atoms with Crippen LogP contribution in [-0.2, 0) is 65.4 Å². The number of hydrogen-bond donors (Lipinski definition) is 3. The molecule has 5 atom stereocenters. The van der Waals surface area contributed by atoms with Gasteiger partial charge in [-0.1, -0.05) is 465 Å². The maximum Gasteiger partial charge on any atom is 0.472 e. The van der Waals surface area contributed by atoms with Crippen molar-refractivity contribution in [2.45, 2.75) is 534 Å². The van der Waals surface area contributed by atoms with Gasteiger partial charge in [0.1, 0.15) is 19.3 Å². The average molecular weight is 1650 g/mol. The minimum Gasteiger partial charge on any atom is -0.462 e. The van der Waals surface area contributed by atoms with E-state index in [4.69, 9.17) is 37.0 Å². The Kier molecular flexibility index (Phi) is 85.0. The molecule has 0 rings (SSSR count). The molecule has 0 radical (unpaired) electrons. The summed E-state index contributed by atoms with van der Waals surface area (Å²) < 4.78 is 69.1. The summed E-state index contributed by atoms with van der Waals surface area (Å²) in [6, 6.07) is 0. The van der Waals surface area contributed by atoms with Gasteiger partial charge in [0.05, 0.1) is 26.4 Å². The Morgan fingerprint density at radius 3 is 0.602 bits per heavy atom. The van der Waals surface area contributed by atoms with Crippen molar-refractivity contribution in [3.05, 3.63) is 0 Å². The van der Waals surface area contributed by atoms with Crippen molar-refractivity contribution >= 4 is 39.5 Å². The van der Waals surface area contributed by atoms with Gasteiger partial charge in [-0.05, 0) is 31.6 Å². The molecule has 0 aliphatic rings. The first-order chi connectivity index (χ1) is 55.0. The number of carbonyl (C=O) groups is 4. The monoisotopic (exact) mass is 1650 g/mol. The quantitative estimate of drug-likeness (QED) is 0.0222. The van der Waals surface area contributed by atoms with Gasteiger partial charge < -0.3 is 33.8 Å². The van der Waals surface area contributed by atoms with Crippen molar-refractivity contribution in [1.82, 2.24) is 0 Å². The first kappa shape index (κ1) is 111. The van der Waals surface area contributed by atoms with Crippen LogP contribution in [0.2, 0.25) is 0 Å². The molecule has 0 bridgehead atoms. The van der Waals surface area contributed by atoms with Crippen LogP contribution in [0.25, 0.3) is 0 Å². The molecule has 0 aromatic rings. The van der Waals surface area contributed by atoms with Crippen LogP contribution in [0.3, 0.4) is 0 Å². The zero-order valence-electron chi connectivity index (χ0n) is 74.5. The van der Waals surface area contributed by atoms with E-state index in [0.717, 1.165) is 96.3 Å². The van der Waals surface area contributed by atoms with E-state index in [1.165, 1.54) is 334 Å². The molecule has 0 aromatic carbocycles. The lowest BCUT2D eigenvalue weighted by molar-refractivity contribution is -0.161. The number of phosphoric acid groups is 2. The largest absolute Gasteiger partial charge is 0.472 e. The predicted molar refractivity (Wildman–Crippen MR) is 469 cm³/mol. The van der Waals surface area contributed by atoms with Crippen molar-refractivity contribution in [2.75, 3.05) is 39.6 Å². The second-order valence-corrected chi connectivity index (χ2v) is 37.1. The average Bonchev–Trinajstić information content (AvgIpc) is 0.904. The molecule has 3 N–H and O–H groups in total. The molecule has 113 heavy (non-hydrogen) atoms. The minimum absolute atomic E-state index is 0.109. The van der Waals surface area contributed by atoms with E-state index < -0.39 is 97.5 Å². The van der Waals surface area contributed by atoms with Crippen molar-refractivity contribution in [1.29, 1.82) is 0 Å². The molecular weight excluding hydrogens is 1460 g/mol. The summed E-state index contributed by atoms with van der Waals surface area (Å²) in [6.45, 7) is 7.35. The van der Waals surface area contributed by atoms with Gasteiger partial charge in [0, 0.05) is 25.7 Å². The predicted octanol–water partition coefficient (Wildman–Crippen LogP) is 29.5. The van der Waals surface area contributed by atoms with Gasteiger partial charge in [-0.2, -0.15) is 0 Å². The van der Waals surface area contributed by atoms with Crippen LogP contribution < -0.4 is 0 Å². The smallest absolute Gasteiger partial charge is 0.462 e. The summed E-state index contributed by atoms with van der Waals surface area (Å²) in [5.41, 5.74) is 0. The molecule has 672 valence electrons. The molecule has 17 nitrogen and oxygen atoms in total. The fourth-order valence-corrected chi connectivity index (χ4v) is 16.5. The van der Waals surface area contributed by atoms with E-state index in [-0.39, 0.29) is 25.7 Å². The van der Waals surface area contributed by atoms with Crippen LogP contribution in [0, 0.1) is 5.92 Å². The topological polar surface area (TPSA) is 237 Å². The number of rotatable bonds is 94. The van der Waals surface area contributed by atoms with Gasteiger partial charge in [0.25, 0.3) is 0 Å². The molecule has 0 saturated carbocycles. The number of phosphoric ester groups is 2. The summed E-state index contributed by atoms with van der Waals surface area (Å²) in [7, 11) is -9.94. The Morgan fingerprint density at radius 1 is 0.239 bits per heavy atom. The fraction of sp³-hybridized carbons (Fsp3) is 0.957. The van der Waals surface area contributed by atoms with Crippen molar-refractivity contribution in [3.63, 3.8) is 0 Å². The standard InChI is InChI=1S/C94H184O17P2/c1-6-9-12-15-18-21-24-27-30-33-36-38-40-43-45-48-51-54-57-62-67-72-77-91(96)104-83-89(110-93(98)79-74-70-64-59-56-53-50-47-44-41-39-37-34-31-28-25-22-19-16-13-10-7-2)85-108-112(100,101)106-81-88(95)82-107-113(102,103)109-86-90(84-105-92(97)78-73-68-65-60-61-66-71-76-87(4)5)111-94(99)80-75-69-63-58-55-52-49-46-42-35-32-29-26-23-20-17-14-11-8-3/h87-90,95H,6-86H2,1-5H3,(H,100,101)(H,102,103)/t88-,89-,90-/m1/s1.